The Hall–Kier alpha value is -1.22. The minimum absolute atomic E-state index is 0.0725. The van der Waals surface area contributed by atoms with Crippen molar-refractivity contribution in [2.75, 3.05) is 18.0 Å². The summed E-state index contributed by atoms with van der Waals surface area (Å²) in [6.07, 6.45) is 9.65. The Balaban J connectivity index is 1.70. The normalized spacial score (nSPS) is 21.5. The molecule has 0 atom stereocenters. The number of benzene rings is 1. The van der Waals surface area contributed by atoms with Gasteiger partial charge in [-0.15, -0.1) is 0 Å². The van der Waals surface area contributed by atoms with E-state index in [0.29, 0.717) is 16.0 Å². The van der Waals surface area contributed by atoms with Gasteiger partial charge in [-0.3, -0.25) is 5.41 Å². The largest absolute Gasteiger partial charge is 0.384 e. The maximum Gasteiger partial charge on any atom is 0.122 e. The Labute approximate surface area is 132 Å². The Morgan fingerprint density at radius 1 is 1.10 bits per heavy atom. The van der Waals surface area contributed by atoms with Crippen molar-refractivity contribution in [1.29, 1.82) is 5.41 Å². The first-order valence-corrected chi connectivity index (χ1v) is 8.36. The van der Waals surface area contributed by atoms with Gasteiger partial charge in [0.15, 0.2) is 0 Å². The second kappa shape index (κ2) is 5.88. The van der Waals surface area contributed by atoms with E-state index in [1.165, 1.54) is 44.9 Å². The van der Waals surface area contributed by atoms with Gasteiger partial charge < -0.3 is 10.6 Å². The maximum atomic E-state index is 7.48. The van der Waals surface area contributed by atoms with E-state index in [9.17, 15) is 0 Å². The lowest BCUT2D eigenvalue weighted by atomic mass is 9.68. The van der Waals surface area contributed by atoms with Gasteiger partial charge >= 0.3 is 0 Å². The Morgan fingerprint density at radius 3 is 2.33 bits per heavy atom. The van der Waals surface area contributed by atoms with Crippen LogP contribution in [0, 0.1) is 10.8 Å². The number of hydrogen-bond acceptors (Lipinski definition) is 2. The molecule has 3 rings (SSSR count). The first-order chi connectivity index (χ1) is 10.1. The van der Waals surface area contributed by atoms with Crippen molar-refractivity contribution >= 4 is 23.1 Å². The van der Waals surface area contributed by atoms with Crippen molar-refractivity contribution in [3.63, 3.8) is 0 Å². The lowest BCUT2D eigenvalue weighted by Crippen LogP contribution is -2.41. The van der Waals surface area contributed by atoms with Crippen LogP contribution in [-0.2, 0) is 0 Å². The maximum absolute atomic E-state index is 7.48. The van der Waals surface area contributed by atoms with Crippen molar-refractivity contribution in [3.05, 3.63) is 28.8 Å². The molecule has 3 nitrogen and oxygen atoms in total. The van der Waals surface area contributed by atoms with Gasteiger partial charge in [0, 0.05) is 18.7 Å². The van der Waals surface area contributed by atoms with Crippen LogP contribution in [0.2, 0.25) is 5.02 Å². The van der Waals surface area contributed by atoms with E-state index in [0.717, 1.165) is 18.8 Å². The van der Waals surface area contributed by atoms with Crippen LogP contribution in [-0.4, -0.2) is 18.9 Å². The van der Waals surface area contributed by atoms with E-state index in [1.807, 2.05) is 18.2 Å². The van der Waals surface area contributed by atoms with E-state index < -0.39 is 0 Å². The molecular formula is C17H24ClN3. The zero-order valence-electron chi connectivity index (χ0n) is 12.5. The molecule has 21 heavy (non-hydrogen) atoms. The van der Waals surface area contributed by atoms with Crippen molar-refractivity contribution < 1.29 is 0 Å². The Bertz CT molecular complexity index is 525. The van der Waals surface area contributed by atoms with Gasteiger partial charge in [0.2, 0.25) is 0 Å². The molecule has 2 aliphatic rings. The third-order valence-corrected chi connectivity index (χ3v) is 5.64. The second-order valence-electron chi connectivity index (χ2n) is 6.63. The first kappa shape index (κ1) is 14.7. The molecule has 114 valence electrons. The quantitative estimate of drug-likeness (QED) is 0.636. The van der Waals surface area contributed by atoms with E-state index in [1.54, 1.807) is 0 Å². The molecule has 1 saturated carbocycles. The summed E-state index contributed by atoms with van der Waals surface area (Å²) in [7, 11) is 0. The molecule has 1 aliphatic heterocycles. The third-order valence-electron chi connectivity index (χ3n) is 5.34. The molecule has 1 aliphatic carbocycles. The highest BCUT2D eigenvalue weighted by atomic mass is 35.5. The highest BCUT2D eigenvalue weighted by Crippen LogP contribution is 2.45. The summed E-state index contributed by atoms with van der Waals surface area (Å²) in [5.41, 5.74) is 7.92. The SMILES string of the molecule is N=C(N)c1ccc(N2CCC3(CCCCC3)CC2)c(Cl)c1. The summed E-state index contributed by atoms with van der Waals surface area (Å²) in [4.78, 5) is 2.39. The van der Waals surface area contributed by atoms with E-state index in [4.69, 9.17) is 22.7 Å². The molecule has 3 N–H and O–H groups in total. The molecule has 1 saturated heterocycles. The summed E-state index contributed by atoms with van der Waals surface area (Å²) >= 11 is 6.39. The zero-order chi connectivity index (χ0) is 14.9. The summed E-state index contributed by atoms with van der Waals surface area (Å²) in [5.74, 6) is 0.0725. The standard InChI is InChI=1S/C17H24ClN3/c18-14-12-13(16(19)20)4-5-15(14)21-10-8-17(9-11-21)6-2-1-3-7-17/h4-5,12H,1-3,6-11H2,(H3,19,20). The van der Waals surface area contributed by atoms with E-state index in [2.05, 4.69) is 4.90 Å². The van der Waals surface area contributed by atoms with Crippen LogP contribution in [0.15, 0.2) is 18.2 Å². The summed E-state index contributed by atoms with van der Waals surface area (Å²) in [6.45, 7) is 2.19. The monoisotopic (exact) mass is 305 g/mol. The average molecular weight is 306 g/mol. The molecule has 0 radical (unpaired) electrons. The van der Waals surface area contributed by atoms with Gasteiger partial charge in [-0.05, 0) is 49.3 Å². The minimum Gasteiger partial charge on any atom is -0.384 e. The number of nitrogens with one attached hydrogen (secondary N) is 1. The van der Waals surface area contributed by atoms with Gasteiger partial charge in [-0.25, -0.2) is 0 Å². The van der Waals surface area contributed by atoms with E-state index in [-0.39, 0.29) is 5.84 Å². The van der Waals surface area contributed by atoms with E-state index >= 15 is 0 Å². The van der Waals surface area contributed by atoms with Crippen LogP contribution in [0.5, 0.6) is 0 Å². The molecular weight excluding hydrogens is 282 g/mol. The van der Waals surface area contributed by atoms with Gasteiger partial charge in [0.25, 0.3) is 0 Å². The average Bonchev–Trinajstić information content (AvgIpc) is 2.49. The number of anilines is 1. The molecule has 0 amide bonds. The van der Waals surface area contributed by atoms with Crippen LogP contribution in [0.1, 0.15) is 50.5 Å². The molecule has 4 heteroatoms. The highest BCUT2D eigenvalue weighted by Gasteiger charge is 2.35. The van der Waals surface area contributed by atoms with Crippen molar-refractivity contribution in [1.82, 2.24) is 0 Å². The molecule has 0 unspecified atom stereocenters. The second-order valence-corrected chi connectivity index (χ2v) is 7.03. The minimum atomic E-state index is 0.0725. The first-order valence-electron chi connectivity index (χ1n) is 7.99. The molecule has 1 spiro atoms. The number of halogens is 1. The van der Waals surface area contributed by atoms with Gasteiger partial charge in [0.05, 0.1) is 10.7 Å². The Kier molecular flexibility index (Phi) is 4.12. The predicted octanol–water partition coefficient (Wildman–Crippen LogP) is 4.17. The van der Waals surface area contributed by atoms with Crippen LogP contribution in [0.4, 0.5) is 5.69 Å². The zero-order valence-corrected chi connectivity index (χ0v) is 13.3. The third kappa shape index (κ3) is 3.03. The van der Waals surface area contributed by atoms with Gasteiger partial charge in [0.1, 0.15) is 5.84 Å². The van der Waals surface area contributed by atoms with Crippen LogP contribution >= 0.6 is 11.6 Å². The van der Waals surface area contributed by atoms with Crippen molar-refractivity contribution in [2.45, 2.75) is 44.9 Å². The summed E-state index contributed by atoms with van der Waals surface area (Å²) in [5, 5.41) is 8.19. The number of nitrogens with zero attached hydrogens (tertiary/aromatic N) is 1. The van der Waals surface area contributed by atoms with Crippen LogP contribution in [0.25, 0.3) is 0 Å². The lowest BCUT2D eigenvalue weighted by Gasteiger charge is -2.45. The fourth-order valence-corrected chi connectivity index (χ4v) is 4.25. The fourth-order valence-electron chi connectivity index (χ4n) is 3.95. The predicted molar refractivity (Wildman–Crippen MR) is 89.4 cm³/mol. The molecule has 2 fully saturated rings. The number of hydrogen-bond donors (Lipinski definition) is 2. The van der Waals surface area contributed by atoms with Crippen LogP contribution in [0.3, 0.4) is 0 Å². The van der Waals surface area contributed by atoms with Crippen molar-refractivity contribution in [3.8, 4) is 0 Å². The molecule has 0 bridgehead atoms. The number of amidine groups is 1. The van der Waals surface area contributed by atoms with Crippen molar-refractivity contribution in [2.24, 2.45) is 11.1 Å². The number of piperidine rings is 1. The lowest BCUT2D eigenvalue weighted by molar-refractivity contribution is 0.144. The van der Waals surface area contributed by atoms with Gasteiger partial charge in [-0.2, -0.15) is 0 Å². The van der Waals surface area contributed by atoms with Crippen LogP contribution < -0.4 is 10.6 Å². The number of nitrogen functional groups attached to an aromatic ring is 1. The molecule has 0 aromatic heterocycles. The summed E-state index contributed by atoms with van der Waals surface area (Å²) in [6, 6.07) is 5.72. The fraction of sp³-hybridized carbons (Fsp3) is 0.588. The highest BCUT2D eigenvalue weighted by molar-refractivity contribution is 6.33. The number of rotatable bonds is 2. The summed E-state index contributed by atoms with van der Waals surface area (Å²) < 4.78 is 0. The van der Waals surface area contributed by atoms with Gasteiger partial charge in [-0.1, -0.05) is 30.9 Å². The molecule has 1 heterocycles. The number of nitrogens with two attached hydrogens (primary N) is 1. The molecule has 1 aromatic rings. The molecule has 1 aromatic carbocycles. The topological polar surface area (TPSA) is 53.1 Å². The smallest absolute Gasteiger partial charge is 0.122 e. The Morgan fingerprint density at radius 2 is 1.76 bits per heavy atom.